The molecule has 0 bridgehead atoms. The first-order valence-corrected chi connectivity index (χ1v) is 5.13. The van der Waals surface area contributed by atoms with Crippen LogP contribution in [0.2, 0.25) is 5.02 Å². The van der Waals surface area contributed by atoms with Gasteiger partial charge in [0.05, 0.1) is 12.8 Å². The number of ether oxygens (including phenoxy) is 1. The van der Waals surface area contributed by atoms with Crippen LogP contribution in [0.25, 0.3) is 11.1 Å². The van der Waals surface area contributed by atoms with Crippen molar-refractivity contribution >= 4 is 17.3 Å². The summed E-state index contributed by atoms with van der Waals surface area (Å²) in [6, 6.07) is 7.30. The molecule has 0 radical (unpaired) electrons. The highest BCUT2D eigenvalue weighted by Crippen LogP contribution is 2.32. The molecule has 1 aromatic heterocycles. The summed E-state index contributed by atoms with van der Waals surface area (Å²) < 4.78 is 5.27. The zero-order chi connectivity index (χ0) is 11.5. The Balaban J connectivity index is 2.55. The summed E-state index contributed by atoms with van der Waals surface area (Å²) in [4.78, 5) is 4.04. The average molecular weight is 235 g/mol. The van der Waals surface area contributed by atoms with E-state index in [1.165, 1.54) is 0 Å². The summed E-state index contributed by atoms with van der Waals surface area (Å²) in [6.45, 7) is 0. The van der Waals surface area contributed by atoms with E-state index in [-0.39, 0.29) is 0 Å². The van der Waals surface area contributed by atoms with Crippen LogP contribution in [-0.2, 0) is 0 Å². The fourth-order valence-corrected chi connectivity index (χ4v) is 1.67. The molecular weight excluding hydrogens is 224 g/mol. The fourth-order valence-electron chi connectivity index (χ4n) is 1.51. The maximum absolute atomic E-state index is 5.89. The third-order valence-corrected chi connectivity index (χ3v) is 2.47. The van der Waals surface area contributed by atoms with Gasteiger partial charge < -0.3 is 10.5 Å². The third kappa shape index (κ3) is 2.09. The van der Waals surface area contributed by atoms with Crippen LogP contribution in [0.4, 0.5) is 5.69 Å². The molecule has 0 saturated carbocycles. The highest BCUT2D eigenvalue weighted by atomic mass is 35.5. The Labute approximate surface area is 98.8 Å². The smallest absolute Gasteiger partial charge is 0.128 e. The fraction of sp³-hybridized carbons (Fsp3) is 0.0833. The van der Waals surface area contributed by atoms with Gasteiger partial charge in [-0.2, -0.15) is 0 Å². The van der Waals surface area contributed by atoms with Gasteiger partial charge in [0.25, 0.3) is 0 Å². The van der Waals surface area contributed by atoms with Crippen molar-refractivity contribution in [3.8, 4) is 16.9 Å². The molecule has 0 unspecified atom stereocenters. The lowest BCUT2D eigenvalue weighted by Gasteiger charge is -2.09. The minimum atomic E-state index is 0.620. The minimum Gasteiger partial charge on any atom is -0.496 e. The number of methoxy groups -OCH3 is 1. The van der Waals surface area contributed by atoms with E-state index in [0.717, 1.165) is 11.1 Å². The SMILES string of the molecule is COc1cc(Cl)ccc1-c1cncc(N)c1. The quantitative estimate of drug-likeness (QED) is 0.869. The molecule has 0 aliphatic carbocycles. The number of nitrogens with two attached hydrogens (primary N) is 1. The molecule has 0 aliphatic rings. The maximum Gasteiger partial charge on any atom is 0.128 e. The van der Waals surface area contributed by atoms with Crippen LogP contribution in [0.1, 0.15) is 0 Å². The monoisotopic (exact) mass is 234 g/mol. The van der Waals surface area contributed by atoms with Crippen molar-refractivity contribution in [1.82, 2.24) is 4.98 Å². The number of benzene rings is 1. The lowest BCUT2D eigenvalue weighted by molar-refractivity contribution is 0.416. The molecule has 0 spiro atoms. The Morgan fingerprint density at radius 1 is 1.25 bits per heavy atom. The molecule has 1 aromatic carbocycles. The number of nitrogen functional groups attached to an aromatic ring is 1. The summed E-state index contributed by atoms with van der Waals surface area (Å²) in [5, 5.41) is 0.637. The number of anilines is 1. The van der Waals surface area contributed by atoms with Crippen LogP contribution in [0.15, 0.2) is 36.7 Å². The number of halogens is 1. The lowest BCUT2D eigenvalue weighted by atomic mass is 10.1. The minimum absolute atomic E-state index is 0.620. The highest BCUT2D eigenvalue weighted by molar-refractivity contribution is 6.30. The van der Waals surface area contributed by atoms with E-state index in [0.29, 0.717) is 16.5 Å². The van der Waals surface area contributed by atoms with Crippen molar-refractivity contribution in [2.24, 2.45) is 0 Å². The first-order valence-electron chi connectivity index (χ1n) is 4.75. The molecule has 0 fully saturated rings. The van der Waals surface area contributed by atoms with Gasteiger partial charge in [0.1, 0.15) is 5.75 Å². The summed E-state index contributed by atoms with van der Waals surface area (Å²) in [5.74, 6) is 0.708. The van der Waals surface area contributed by atoms with E-state index in [1.54, 1.807) is 25.6 Å². The lowest BCUT2D eigenvalue weighted by Crippen LogP contribution is -1.91. The second-order valence-corrected chi connectivity index (χ2v) is 3.79. The first-order chi connectivity index (χ1) is 7.70. The van der Waals surface area contributed by atoms with Gasteiger partial charge in [-0.05, 0) is 24.3 Å². The molecule has 2 N–H and O–H groups in total. The van der Waals surface area contributed by atoms with E-state index >= 15 is 0 Å². The van der Waals surface area contributed by atoms with Gasteiger partial charge >= 0.3 is 0 Å². The summed E-state index contributed by atoms with van der Waals surface area (Å²) in [6.07, 6.45) is 3.34. The molecule has 1 heterocycles. The Morgan fingerprint density at radius 3 is 2.75 bits per heavy atom. The summed E-state index contributed by atoms with van der Waals surface area (Å²) in [5.41, 5.74) is 8.14. The molecule has 2 aromatic rings. The molecule has 16 heavy (non-hydrogen) atoms. The van der Waals surface area contributed by atoms with Crippen molar-refractivity contribution in [3.63, 3.8) is 0 Å². The number of aromatic nitrogens is 1. The Kier molecular flexibility index (Phi) is 2.97. The summed E-state index contributed by atoms with van der Waals surface area (Å²) >= 11 is 5.89. The highest BCUT2D eigenvalue weighted by Gasteiger charge is 2.06. The normalized spacial score (nSPS) is 10.1. The standard InChI is InChI=1S/C12H11ClN2O/c1-16-12-5-9(13)2-3-11(12)8-4-10(14)7-15-6-8/h2-7H,14H2,1H3. The number of nitrogens with zero attached hydrogens (tertiary/aromatic N) is 1. The first kappa shape index (κ1) is 10.8. The van der Waals surface area contributed by atoms with Crippen LogP contribution in [0, 0.1) is 0 Å². The van der Waals surface area contributed by atoms with E-state index in [1.807, 2.05) is 18.2 Å². The van der Waals surface area contributed by atoms with Gasteiger partial charge in [-0.3, -0.25) is 4.98 Å². The van der Waals surface area contributed by atoms with Crippen molar-refractivity contribution in [1.29, 1.82) is 0 Å². The van der Waals surface area contributed by atoms with Crippen LogP contribution >= 0.6 is 11.6 Å². The number of rotatable bonds is 2. The predicted octanol–water partition coefficient (Wildman–Crippen LogP) is 2.99. The van der Waals surface area contributed by atoms with E-state index in [9.17, 15) is 0 Å². The van der Waals surface area contributed by atoms with Gasteiger partial charge in [0, 0.05) is 28.5 Å². The molecule has 0 saturated heterocycles. The summed E-state index contributed by atoms with van der Waals surface area (Å²) in [7, 11) is 1.61. The van der Waals surface area contributed by atoms with Crippen molar-refractivity contribution < 1.29 is 4.74 Å². The van der Waals surface area contributed by atoms with E-state index in [4.69, 9.17) is 22.1 Å². The molecule has 0 amide bonds. The molecule has 0 aliphatic heterocycles. The van der Waals surface area contributed by atoms with E-state index < -0.39 is 0 Å². The number of hydrogen-bond donors (Lipinski definition) is 1. The largest absolute Gasteiger partial charge is 0.496 e. The van der Waals surface area contributed by atoms with E-state index in [2.05, 4.69) is 4.98 Å². The second kappa shape index (κ2) is 4.41. The van der Waals surface area contributed by atoms with Gasteiger partial charge in [-0.15, -0.1) is 0 Å². The Hall–Kier alpha value is -1.74. The van der Waals surface area contributed by atoms with Gasteiger partial charge in [0.2, 0.25) is 0 Å². The second-order valence-electron chi connectivity index (χ2n) is 3.35. The Bertz CT molecular complexity index is 514. The third-order valence-electron chi connectivity index (χ3n) is 2.23. The van der Waals surface area contributed by atoms with Crippen molar-refractivity contribution in [2.75, 3.05) is 12.8 Å². The van der Waals surface area contributed by atoms with Gasteiger partial charge in [-0.1, -0.05) is 11.6 Å². The maximum atomic E-state index is 5.89. The molecular formula is C12H11ClN2O. The van der Waals surface area contributed by atoms with Gasteiger partial charge in [-0.25, -0.2) is 0 Å². The predicted molar refractivity (Wildman–Crippen MR) is 65.6 cm³/mol. The van der Waals surface area contributed by atoms with Crippen molar-refractivity contribution in [2.45, 2.75) is 0 Å². The van der Waals surface area contributed by atoms with Crippen LogP contribution < -0.4 is 10.5 Å². The molecule has 2 rings (SSSR count). The molecule has 82 valence electrons. The van der Waals surface area contributed by atoms with Crippen molar-refractivity contribution in [3.05, 3.63) is 41.7 Å². The number of hydrogen-bond acceptors (Lipinski definition) is 3. The van der Waals surface area contributed by atoms with Crippen LogP contribution in [0.5, 0.6) is 5.75 Å². The molecule has 3 nitrogen and oxygen atoms in total. The molecule has 4 heteroatoms. The van der Waals surface area contributed by atoms with Gasteiger partial charge in [0.15, 0.2) is 0 Å². The number of pyridine rings is 1. The zero-order valence-electron chi connectivity index (χ0n) is 8.77. The molecule has 0 atom stereocenters. The zero-order valence-corrected chi connectivity index (χ0v) is 9.53. The average Bonchev–Trinajstić information content (AvgIpc) is 2.28. The Morgan fingerprint density at radius 2 is 2.06 bits per heavy atom. The topological polar surface area (TPSA) is 48.1 Å². The van der Waals surface area contributed by atoms with Crippen LogP contribution in [-0.4, -0.2) is 12.1 Å². The van der Waals surface area contributed by atoms with Crippen LogP contribution in [0.3, 0.4) is 0 Å².